The number of hydrogen-bond acceptors (Lipinski definition) is 5. The van der Waals surface area contributed by atoms with Gasteiger partial charge < -0.3 is 10.1 Å². The van der Waals surface area contributed by atoms with Gasteiger partial charge in [-0.2, -0.15) is 0 Å². The van der Waals surface area contributed by atoms with Crippen molar-refractivity contribution in [2.24, 2.45) is 0 Å². The highest BCUT2D eigenvalue weighted by atomic mass is 32.2. The Hall–Kier alpha value is -2.05. The van der Waals surface area contributed by atoms with Crippen LogP contribution in [0.5, 0.6) is 5.75 Å². The normalized spacial score (nSPS) is 10.7. The zero-order valence-corrected chi connectivity index (χ0v) is 14.2. The number of ether oxygens (including phenoxy) is 1. The fraction of sp³-hybridized carbons (Fsp3) is 0.176. The molecule has 4 nitrogen and oxygen atoms in total. The molecule has 0 unspecified atom stereocenters. The van der Waals surface area contributed by atoms with Crippen LogP contribution in [-0.2, 0) is 11.3 Å². The minimum Gasteiger partial charge on any atom is -0.497 e. The van der Waals surface area contributed by atoms with Gasteiger partial charge in [-0.3, -0.25) is 4.79 Å². The summed E-state index contributed by atoms with van der Waals surface area (Å²) < 4.78 is 7.18. The molecule has 6 heteroatoms. The first-order chi connectivity index (χ1) is 11.2. The Labute approximate surface area is 142 Å². The van der Waals surface area contributed by atoms with Gasteiger partial charge in [-0.25, -0.2) is 4.98 Å². The van der Waals surface area contributed by atoms with Gasteiger partial charge in [-0.05, 0) is 29.8 Å². The zero-order valence-electron chi connectivity index (χ0n) is 12.6. The number of nitrogens with one attached hydrogen (secondary N) is 1. The maximum Gasteiger partial charge on any atom is 0.230 e. The Kier molecular flexibility index (Phi) is 5.15. The summed E-state index contributed by atoms with van der Waals surface area (Å²) in [4.78, 5) is 16.5. The third-order valence-electron chi connectivity index (χ3n) is 3.25. The topological polar surface area (TPSA) is 51.2 Å². The summed E-state index contributed by atoms with van der Waals surface area (Å²) in [5.74, 6) is 1.19. The van der Waals surface area contributed by atoms with E-state index in [9.17, 15) is 4.79 Å². The van der Waals surface area contributed by atoms with Gasteiger partial charge in [0.25, 0.3) is 0 Å². The number of benzene rings is 2. The molecule has 0 bridgehead atoms. The second kappa shape index (κ2) is 7.48. The number of carbonyl (C=O) groups excluding carboxylic acids is 1. The molecule has 1 heterocycles. The molecule has 0 fully saturated rings. The second-order valence-corrected chi connectivity index (χ2v) is 7.11. The monoisotopic (exact) mass is 344 g/mol. The third-order valence-corrected chi connectivity index (χ3v) is 5.43. The maximum absolute atomic E-state index is 11.9. The number of thiazole rings is 1. The summed E-state index contributed by atoms with van der Waals surface area (Å²) in [6.45, 7) is 0.517. The van der Waals surface area contributed by atoms with E-state index in [0.717, 1.165) is 25.9 Å². The van der Waals surface area contributed by atoms with Gasteiger partial charge in [-0.15, -0.1) is 11.3 Å². The van der Waals surface area contributed by atoms with Crippen LogP contribution in [0.1, 0.15) is 5.56 Å². The SMILES string of the molecule is COc1ccc(CNC(=O)CSc2nc3ccccc3s2)cc1. The summed E-state index contributed by atoms with van der Waals surface area (Å²) in [7, 11) is 1.63. The molecule has 1 N–H and O–H groups in total. The Balaban J connectivity index is 1.49. The average Bonchev–Trinajstić information content (AvgIpc) is 3.01. The molecule has 23 heavy (non-hydrogen) atoms. The smallest absolute Gasteiger partial charge is 0.230 e. The zero-order chi connectivity index (χ0) is 16.1. The highest BCUT2D eigenvalue weighted by molar-refractivity contribution is 8.01. The van der Waals surface area contributed by atoms with Gasteiger partial charge in [0.15, 0.2) is 4.34 Å². The largest absolute Gasteiger partial charge is 0.497 e. The molecule has 0 atom stereocenters. The van der Waals surface area contributed by atoms with Gasteiger partial charge in [-0.1, -0.05) is 36.0 Å². The molecule has 1 amide bonds. The molecule has 0 radical (unpaired) electrons. The van der Waals surface area contributed by atoms with E-state index in [0.29, 0.717) is 12.3 Å². The third kappa shape index (κ3) is 4.24. The van der Waals surface area contributed by atoms with Crippen molar-refractivity contribution in [2.45, 2.75) is 10.9 Å². The summed E-state index contributed by atoms with van der Waals surface area (Å²) in [5, 5.41) is 2.92. The number of aromatic nitrogens is 1. The van der Waals surface area contributed by atoms with Crippen LogP contribution < -0.4 is 10.1 Å². The fourth-order valence-electron chi connectivity index (χ4n) is 2.04. The summed E-state index contributed by atoms with van der Waals surface area (Å²) >= 11 is 3.09. The van der Waals surface area contributed by atoms with Crippen LogP contribution in [0.25, 0.3) is 10.2 Å². The molecule has 3 rings (SSSR count). The Bertz CT molecular complexity index is 767. The lowest BCUT2D eigenvalue weighted by atomic mass is 10.2. The number of para-hydroxylation sites is 1. The molecular weight excluding hydrogens is 328 g/mol. The van der Waals surface area contributed by atoms with Crippen molar-refractivity contribution >= 4 is 39.2 Å². The Morgan fingerprint density at radius 2 is 2.00 bits per heavy atom. The number of hydrogen-bond donors (Lipinski definition) is 1. The minimum absolute atomic E-state index is 0.00470. The van der Waals surface area contributed by atoms with E-state index in [-0.39, 0.29) is 5.91 Å². The van der Waals surface area contributed by atoms with E-state index in [1.54, 1.807) is 18.4 Å². The first kappa shape index (κ1) is 15.8. The van der Waals surface area contributed by atoms with Crippen LogP contribution in [0, 0.1) is 0 Å². The molecule has 0 aliphatic rings. The van der Waals surface area contributed by atoms with E-state index < -0.39 is 0 Å². The quantitative estimate of drug-likeness (QED) is 0.693. The van der Waals surface area contributed by atoms with Crippen LogP contribution in [0.3, 0.4) is 0 Å². The minimum atomic E-state index is 0.00470. The molecular formula is C17H16N2O2S2. The molecule has 3 aromatic rings. The summed E-state index contributed by atoms with van der Waals surface area (Å²) in [5.41, 5.74) is 2.03. The van der Waals surface area contributed by atoms with Crippen molar-refractivity contribution in [1.82, 2.24) is 10.3 Å². The lowest BCUT2D eigenvalue weighted by Crippen LogP contribution is -2.24. The molecule has 1 aromatic heterocycles. The van der Waals surface area contributed by atoms with Crippen LogP contribution in [0.4, 0.5) is 0 Å². The highest BCUT2D eigenvalue weighted by Gasteiger charge is 2.07. The first-order valence-electron chi connectivity index (χ1n) is 7.12. The predicted octanol–water partition coefficient (Wildman–Crippen LogP) is 3.71. The number of carbonyl (C=O) groups is 1. The number of fused-ring (bicyclic) bond motifs is 1. The number of methoxy groups -OCH3 is 1. The number of thioether (sulfide) groups is 1. The van der Waals surface area contributed by atoms with Gasteiger partial charge >= 0.3 is 0 Å². The second-order valence-electron chi connectivity index (χ2n) is 4.86. The summed E-state index contributed by atoms with van der Waals surface area (Å²) in [6, 6.07) is 15.7. The van der Waals surface area contributed by atoms with Crippen molar-refractivity contribution in [3.63, 3.8) is 0 Å². The van der Waals surface area contributed by atoms with Crippen molar-refractivity contribution in [3.8, 4) is 5.75 Å². The lowest BCUT2D eigenvalue weighted by molar-refractivity contribution is -0.118. The van der Waals surface area contributed by atoms with E-state index in [1.807, 2.05) is 48.5 Å². The van der Waals surface area contributed by atoms with Crippen molar-refractivity contribution < 1.29 is 9.53 Å². The number of nitrogens with zero attached hydrogens (tertiary/aromatic N) is 1. The van der Waals surface area contributed by atoms with Gasteiger partial charge in [0.2, 0.25) is 5.91 Å². The number of rotatable bonds is 6. The summed E-state index contributed by atoms with van der Waals surface area (Å²) in [6.07, 6.45) is 0. The van der Waals surface area contributed by atoms with Gasteiger partial charge in [0, 0.05) is 6.54 Å². The molecule has 0 spiro atoms. The van der Waals surface area contributed by atoms with Gasteiger partial charge in [0.05, 0.1) is 23.1 Å². The highest BCUT2D eigenvalue weighted by Crippen LogP contribution is 2.29. The van der Waals surface area contributed by atoms with Crippen LogP contribution in [-0.4, -0.2) is 23.8 Å². The van der Waals surface area contributed by atoms with Crippen LogP contribution >= 0.6 is 23.1 Å². The van der Waals surface area contributed by atoms with Gasteiger partial charge in [0.1, 0.15) is 5.75 Å². The molecule has 0 aliphatic heterocycles. The predicted molar refractivity (Wildman–Crippen MR) is 95.2 cm³/mol. The van der Waals surface area contributed by atoms with Crippen LogP contribution in [0.2, 0.25) is 0 Å². The lowest BCUT2D eigenvalue weighted by Gasteiger charge is -2.05. The van der Waals surface area contributed by atoms with Crippen molar-refractivity contribution in [2.75, 3.05) is 12.9 Å². The van der Waals surface area contributed by atoms with Crippen LogP contribution in [0.15, 0.2) is 52.9 Å². The first-order valence-corrected chi connectivity index (χ1v) is 8.93. The van der Waals surface area contributed by atoms with Crippen molar-refractivity contribution in [1.29, 1.82) is 0 Å². The standard InChI is InChI=1S/C17H16N2O2S2/c1-21-13-8-6-12(7-9-13)10-18-16(20)11-22-17-19-14-4-2-3-5-15(14)23-17/h2-9H,10-11H2,1H3,(H,18,20). The van der Waals surface area contributed by atoms with E-state index >= 15 is 0 Å². The molecule has 0 saturated heterocycles. The Morgan fingerprint density at radius 3 is 2.74 bits per heavy atom. The fourth-order valence-corrected chi connectivity index (χ4v) is 3.93. The molecule has 2 aromatic carbocycles. The van der Waals surface area contributed by atoms with E-state index in [4.69, 9.17) is 4.74 Å². The van der Waals surface area contributed by atoms with E-state index in [2.05, 4.69) is 10.3 Å². The molecule has 0 saturated carbocycles. The maximum atomic E-state index is 11.9. The Morgan fingerprint density at radius 1 is 1.22 bits per heavy atom. The number of amides is 1. The molecule has 0 aliphatic carbocycles. The van der Waals surface area contributed by atoms with E-state index in [1.165, 1.54) is 11.8 Å². The molecule has 118 valence electrons. The van der Waals surface area contributed by atoms with Crippen molar-refractivity contribution in [3.05, 3.63) is 54.1 Å². The average molecular weight is 344 g/mol.